The molecule has 0 heterocycles. The van der Waals surface area contributed by atoms with Crippen molar-refractivity contribution >= 4 is 27.8 Å². The first-order chi connectivity index (χ1) is 2.27. The Morgan fingerprint density at radius 1 is 2.00 bits per heavy atom. The molecule has 5 heavy (non-hydrogen) atoms. The number of hydrogen-bond acceptors (Lipinski definition) is 1. The van der Waals surface area contributed by atoms with Crippen LogP contribution < -0.4 is 0 Å². The van der Waals surface area contributed by atoms with Crippen LogP contribution in [0.3, 0.4) is 0 Å². The van der Waals surface area contributed by atoms with Crippen molar-refractivity contribution in [3.63, 3.8) is 0 Å². The molecule has 0 aromatic rings. The van der Waals surface area contributed by atoms with Crippen LogP contribution in [-0.4, -0.2) is 32.9 Å². The van der Waals surface area contributed by atoms with E-state index >= 15 is 0 Å². The van der Waals surface area contributed by atoms with Gasteiger partial charge in [0.15, 0.2) is 0 Å². The van der Waals surface area contributed by atoms with Crippen LogP contribution in [-0.2, 0) is 0 Å². The van der Waals surface area contributed by atoms with Crippen LogP contribution in [0, 0.1) is 0 Å². The molecule has 2 radical (unpaired) electrons. The Hall–Kier alpha value is 0.392. The van der Waals surface area contributed by atoms with E-state index in [1.165, 1.54) is 0 Å². The van der Waals surface area contributed by atoms with Crippen molar-refractivity contribution in [2.24, 2.45) is 0 Å². The standard InChI is InChI=1S/CHO2.CH3.Pb/c2-1-3;;/h(H,2,3);1H3;. The molecule has 0 atom stereocenters. The first-order valence-electron chi connectivity index (χ1n) is 1.18. The van der Waals surface area contributed by atoms with Crippen molar-refractivity contribution in [2.75, 3.05) is 0 Å². The second-order valence-electron chi connectivity index (χ2n) is 0.555. The number of rotatable bonds is 1. The Morgan fingerprint density at radius 2 is 2.20 bits per heavy atom. The van der Waals surface area contributed by atoms with Crippen molar-refractivity contribution < 1.29 is 9.90 Å². The SMILES string of the molecule is [CH3][Pb][C](=O)O. The summed E-state index contributed by atoms with van der Waals surface area (Å²) in [6.45, 7) is 0. The molecule has 0 unspecified atom stereocenters. The van der Waals surface area contributed by atoms with Gasteiger partial charge in [-0.25, -0.2) is 0 Å². The summed E-state index contributed by atoms with van der Waals surface area (Å²) >= 11 is -1.12. The van der Waals surface area contributed by atoms with Crippen LogP contribution in [0.15, 0.2) is 0 Å². The fourth-order valence-electron chi connectivity index (χ4n) is 0. The van der Waals surface area contributed by atoms with Crippen LogP contribution in [0.2, 0.25) is 4.48 Å². The maximum atomic E-state index is 9.45. The third kappa shape index (κ3) is 4.39. The van der Waals surface area contributed by atoms with Gasteiger partial charge < -0.3 is 0 Å². The fraction of sp³-hybridized carbons (Fsp3) is 0.500. The van der Waals surface area contributed by atoms with E-state index in [2.05, 4.69) is 0 Å². The summed E-state index contributed by atoms with van der Waals surface area (Å²) in [6.07, 6.45) is 0. The zero-order chi connectivity index (χ0) is 4.28. The van der Waals surface area contributed by atoms with Gasteiger partial charge in [0.1, 0.15) is 0 Å². The fourth-order valence-corrected chi connectivity index (χ4v) is 0. The predicted molar refractivity (Wildman–Crippen MR) is 19.6 cm³/mol. The number of hydrogen-bond donors (Lipinski definition) is 1. The summed E-state index contributed by atoms with van der Waals surface area (Å²) in [5.41, 5.74) is 0. The van der Waals surface area contributed by atoms with Gasteiger partial charge in [-0.2, -0.15) is 0 Å². The minimum atomic E-state index is -1.12. The van der Waals surface area contributed by atoms with Gasteiger partial charge in [-0.1, -0.05) is 0 Å². The predicted octanol–water partition coefficient (Wildman–Crippen LogP) is 0.417. The summed E-state index contributed by atoms with van der Waals surface area (Å²) in [5, 5.41) is 7.81. The molecule has 0 aromatic carbocycles. The number of carbonyl (C=O) groups is 1. The molecule has 0 aliphatic rings. The first-order valence-corrected chi connectivity index (χ1v) is 7.01. The van der Waals surface area contributed by atoms with E-state index in [1.807, 2.05) is 0 Å². The van der Waals surface area contributed by atoms with E-state index in [-0.39, 0.29) is 0 Å². The Labute approximate surface area is 42.4 Å². The molecule has 0 spiro atoms. The molecule has 0 aliphatic heterocycles. The van der Waals surface area contributed by atoms with Gasteiger partial charge in [0.25, 0.3) is 0 Å². The van der Waals surface area contributed by atoms with Crippen molar-refractivity contribution in [2.45, 2.75) is 4.48 Å². The molecular formula is C2H4O2Pb. The molecule has 0 saturated carbocycles. The summed E-state index contributed by atoms with van der Waals surface area (Å²) in [6, 6.07) is 0. The van der Waals surface area contributed by atoms with Crippen molar-refractivity contribution in [3.8, 4) is 0 Å². The van der Waals surface area contributed by atoms with Crippen LogP contribution in [0.1, 0.15) is 0 Å². The van der Waals surface area contributed by atoms with Crippen LogP contribution in [0.25, 0.3) is 0 Å². The molecule has 0 rings (SSSR count). The van der Waals surface area contributed by atoms with E-state index < -0.39 is 27.8 Å². The Morgan fingerprint density at radius 3 is 2.20 bits per heavy atom. The molecule has 0 saturated heterocycles. The monoisotopic (exact) mass is 268 g/mol. The summed E-state index contributed by atoms with van der Waals surface area (Å²) in [7, 11) is 0. The third-order valence-corrected chi connectivity index (χ3v) is 1.88. The normalized spacial score (nSPS) is 7.40. The molecule has 0 bridgehead atoms. The van der Waals surface area contributed by atoms with Gasteiger partial charge in [-0.05, 0) is 0 Å². The molecule has 3 heteroatoms. The molecule has 0 aliphatic carbocycles. The molecule has 1 N–H and O–H groups in total. The summed E-state index contributed by atoms with van der Waals surface area (Å²) in [4.78, 5) is 9.45. The van der Waals surface area contributed by atoms with Crippen molar-refractivity contribution in [1.82, 2.24) is 0 Å². The van der Waals surface area contributed by atoms with Gasteiger partial charge in [0, 0.05) is 0 Å². The van der Waals surface area contributed by atoms with E-state index in [1.54, 1.807) is 4.48 Å². The van der Waals surface area contributed by atoms with Gasteiger partial charge in [0.2, 0.25) is 0 Å². The Bertz CT molecular complexity index is 42.9. The average molecular weight is 267 g/mol. The van der Waals surface area contributed by atoms with Gasteiger partial charge in [-0.3, -0.25) is 0 Å². The molecule has 0 amide bonds. The van der Waals surface area contributed by atoms with Crippen LogP contribution in [0.4, 0.5) is 4.79 Å². The summed E-state index contributed by atoms with van der Waals surface area (Å²) in [5.74, 6) is 0. The van der Waals surface area contributed by atoms with Crippen molar-refractivity contribution in [3.05, 3.63) is 0 Å². The van der Waals surface area contributed by atoms with E-state index in [0.717, 1.165) is 0 Å². The van der Waals surface area contributed by atoms with Crippen LogP contribution in [0.5, 0.6) is 0 Å². The molecule has 2 nitrogen and oxygen atoms in total. The van der Waals surface area contributed by atoms with E-state index in [0.29, 0.717) is 0 Å². The molecular weight excluding hydrogens is 263 g/mol. The summed E-state index contributed by atoms with van der Waals surface area (Å²) < 4.78 is 1.24. The van der Waals surface area contributed by atoms with Gasteiger partial charge >= 0.3 is 42.1 Å². The average Bonchev–Trinajstić information content (AvgIpc) is 1.38. The topological polar surface area (TPSA) is 37.3 Å². The van der Waals surface area contributed by atoms with E-state index in [4.69, 9.17) is 5.11 Å². The molecule has 28 valence electrons. The van der Waals surface area contributed by atoms with Gasteiger partial charge in [0.05, 0.1) is 0 Å². The molecule has 0 fully saturated rings. The zero-order valence-electron chi connectivity index (χ0n) is 2.86. The second kappa shape index (κ2) is 2.62. The third-order valence-electron chi connectivity index (χ3n) is 0.214. The first kappa shape index (κ1) is 5.39. The Kier molecular flexibility index (Phi) is 2.83. The number of carboxylic acid groups (broad SMARTS) is 1. The van der Waals surface area contributed by atoms with E-state index in [9.17, 15) is 4.79 Å². The Balaban J connectivity index is 2.85. The van der Waals surface area contributed by atoms with Gasteiger partial charge in [-0.15, -0.1) is 0 Å². The van der Waals surface area contributed by atoms with Crippen LogP contribution >= 0.6 is 0 Å². The van der Waals surface area contributed by atoms with Crippen molar-refractivity contribution in [1.29, 1.82) is 0 Å². The second-order valence-corrected chi connectivity index (χ2v) is 4.16. The minimum absolute atomic E-state index is 0.551. The maximum absolute atomic E-state index is 9.45. The zero-order valence-corrected chi connectivity index (χ0v) is 6.74. The quantitative estimate of drug-likeness (QED) is 0.699. The molecule has 0 aromatic heterocycles.